The number of rotatable bonds is 5. The molecule has 0 aromatic heterocycles. The lowest BCUT2D eigenvalue weighted by Gasteiger charge is -2.37. The van der Waals surface area contributed by atoms with Gasteiger partial charge in [-0.05, 0) is 31.5 Å². The zero-order valence-corrected chi connectivity index (χ0v) is 14.3. The van der Waals surface area contributed by atoms with E-state index in [1.165, 1.54) is 0 Å². The molecule has 4 N–H and O–H groups in total. The Bertz CT molecular complexity index is 572. The van der Waals surface area contributed by atoms with Crippen LogP contribution in [0.15, 0.2) is 24.3 Å². The van der Waals surface area contributed by atoms with E-state index in [1.54, 1.807) is 26.0 Å². The fraction of sp³-hybridized carbons (Fsp3) is 0.529. The van der Waals surface area contributed by atoms with Crippen LogP contribution in [-0.4, -0.2) is 65.2 Å². The highest BCUT2D eigenvalue weighted by Gasteiger charge is 2.25. The van der Waals surface area contributed by atoms with Gasteiger partial charge < -0.3 is 21.1 Å². The summed E-state index contributed by atoms with van der Waals surface area (Å²) in [5.41, 5.74) is 5.84. The van der Waals surface area contributed by atoms with Crippen molar-refractivity contribution >= 4 is 11.9 Å². The van der Waals surface area contributed by atoms with E-state index >= 15 is 0 Å². The number of hydrogen-bond donors (Lipinski definition) is 3. The van der Waals surface area contributed by atoms with Gasteiger partial charge in [-0.3, -0.25) is 9.69 Å². The molecule has 0 spiro atoms. The van der Waals surface area contributed by atoms with Crippen LogP contribution < -0.4 is 11.1 Å². The van der Waals surface area contributed by atoms with E-state index in [0.717, 1.165) is 18.7 Å². The fourth-order valence-electron chi connectivity index (χ4n) is 2.79. The van der Waals surface area contributed by atoms with Gasteiger partial charge in [0.15, 0.2) is 0 Å². The summed E-state index contributed by atoms with van der Waals surface area (Å²) < 4.78 is 0. The number of nitrogens with two attached hydrogens (primary N) is 1. The van der Waals surface area contributed by atoms with Gasteiger partial charge in [-0.2, -0.15) is 0 Å². The highest BCUT2D eigenvalue weighted by atomic mass is 16.3. The van der Waals surface area contributed by atoms with E-state index < -0.39 is 11.6 Å². The van der Waals surface area contributed by atoms with E-state index in [2.05, 4.69) is 10.2 Å². The van der Waals surface area contributed by atoms with Gasteiger partial charge >= 0.3 is 6.03 Å². The van der Waals surface area contributed by atoms with Gasteiger partial charge in [0.2, 0.25) is 0 Å². The second-order valence-electron chi connectivity index (χ2n) is 6.80. The Labute approximate surface area is 142 Å². The lowest BCUT2D eigenvalue weighted by Crippen LogP contribution is -2.52. The molecule has 7 nitrogen and oxygen atoms in total. The summed E-state index contributed by atoms with van der Waals surface area (Å²) in [4.78, 5) is 27.2. The third kappa shape index (κ3) is 5.50. The molecule has 1 aromatic rings. The number of benzene rings is 1. The van der Waals surface area contributed by atoms with E-state index in [9.17, 15) is 14.7 Å². The molecule has 1 saturated heterocycles. The maximum Gasteiger partial charge on any atom is 0.312 e. The Morgan fingerprint density at radius 2 is 1.75 bits per heavy atom. The molecule has 0 saturated carbocycles. The molecule has 0 radical (unpaired) electrons. The first-order valence-electron chi connectivity index (χ1n) is 8.11. The number of amides is 3. The minimum absolute atomic E-state index is 0.00678. The van der Waals surface area contributed by atoms with Crippen LogP contribution in [0, 0.1) is 0 Å². The number of hydrogen-bond acceptors (Lipinski definition) is 4. The highest BCUT2D eigenvalue weighted by Crippen LogP contribution is 2.12. The molecule has 1 aliphatic rings. The minimum Gasteiger partial charge on any atom is -0.389 e. The number of carbonyl (C=O) groups is 2. The van der Waals surface area contributed by atoms with Crippen molar-refractivity contribution in [1.82, 2.24) is 15.1 Å². The Morgan fingerprint density at radius 3 is 2.25 bits per heavy atom. The van der Waals surface area contributed by atoms with Gasteiger partial charge in [-0.25, -0.2) is 4.79 Å². The predicted molar refractivity (Wildman–Crippen MR) is 91.5 cm³/mol. The molecule has 24 heavy (non-hydrogen) atoms. The van der Waals surface area contributed by atoms with E-state index in [1.807, 2.05) is 17.0 Å². The minimum atomic E-state index is -0.721. The predicted octanol–water partition coefficient (Wildman–Crippen LogP) is 0.384. The molecule has 0 atom stereocenters. The molecule has 1 fully saturated rings. The zero-order valence-electron chi connectivity index (χ0n) is 14.3. The van der Waals surface area contributed by atoms with Gasteiger partial charge in [0.25, 0.3) is 5.91 Å². The molecule has 0 unspecified atom stereocenters. The van der Waals surface area contributed by atoms with Crippen LogP contribution in [0.25, 0.3) is 0 Å². The first kappa shape index (κ1) is 18.2. The lowest BCUT2D eigenvalue weighted by atomic mass is 10.1. The number of carbonyl (C=O) groups excluding carboxylic acids is 2. The summed E-state index contributed by atoms with van der Waals surface area (Å²) in [5, 5.41) is 12.4. The van der Waals surface area contributed by atoms with Gasteiger partial charge in [-0.15, -0.1) is 0 Å². The summed E-state index contributed by atoms with van der Waals surface area (Å²) in [5.74, 6) is 0.00678. The topological polar surface area (TPSA) is 98.9 Å². The smallest absolute Gasteiger partial charge is 0.312 e. The summed E-state index contributed by atoms with van der Waals surface area (Å²) >= 11 is 0. The van der Waals surface area contributed by atoms with Crippen molar-refractivity contribution < 1.29 is 14.7 Å². The maximum atomic E-state index is 12.5. The quantitative estimate of drug-likeness (QED) is 0.725. The molecular formula is C17H26N4O3. The molecule has 0 aliphatic carbocycles. The number of β-amino-alcohol motifs (C(OH)–C–C–N with tert-alkyl or cyclic N) is 1. The van der Waals surface area contributed by atoms with Crippen molar-refractivity contribution in [3.05, 3.63) is 35.4 Å². The van der Waals surface area contributed by atoms with Gasteiger partial charge in [0.05, 0.1) is 5.60 Å². The van der Waals surface area contributed by atoms with Crippen molar-refractivity contribution in [3.8, 4) is 0 Å². The Balaban J connectivity index is 1.87. The SMILES string of the molecule is CC(C)(O)CN1CCN(C(=O)c2ccc(CNC(N)=O)cc2)CC1. The summed E-state index contributed by atoms with van der Waals surface area (Å²) in [6.07, 6.45) is 0. The van der Waals surface area contributed by atoms with Gasteiger partial charge in [-0.1, -0.05) is 12.1 Å². The van der Waals surface area contributed by atoms with Gasteiger partial charge in [0, 0.05) is 44.8 Å². The lowest BCUT2D eigenvalue weighted by molar-refractivity contribution is 0.0178. The molecule has 1 heterocycles. The average molecular weight is 334 g/mol. The molecular weight excluding hydrogens is 308 g/mol. The first-order valence-corrected chi connectivity index (χ1v) is 8.11. The molecule has 132 valence electrons. The fourth-order valence-corrected chi connectivity index (χ4v) is 2.79. The van der Waals surface area contributed by atoms with Crippen LogP contribution in [-0.2, 0) is 6.54 Å². The van der Waals surface area contributed by atoms with E-state index in [0.29, 0.717) is 31.7 Å². The number of urea groups is 1. The van der Waals surface area contributed by atoms with Crippen molar-refractivity contribution in [1.29, 1.82) is 0 Å². The van der Waals surface area contributed by atoms with E-state index in [-0.39, 0.29) is 5.91 Å². The number of piperazine rings is 1. The maximum absolute atomic E-state index is 12.5. The van der Waals surface area contributed by atoms with Crippen LogP contribution in [0.3, 0.4) is 0 Å². The molecule has 1 aliphatic heterocycles. The second-order valence-corrected chi connectivity index (χ2v) is 6.80. The van der Waals surface area contributed by atoms with Crippen LogP contribution in [0.5, 0.6) is 0 Å². The third-order valence-electron chi connectivity index (χ3n) is 3.94. The van der Waals surface area contributed by atoms with Crippen molar-refractivity contribution in [2.45, 2.75) is 26.0 Å². The highest BCUT2D eigenvalue weighted by molar-refractivity contribution is 5.94. The Morgan fingerprint density at radius 1 is 1.17 bits per heavy atom. The Hall–Kier alpha value is -2.12. The molecule has 7 heteroatoms. The molecule has 1 aromatic carbocycles. The molecule has 0 bridgehead atoms. The number of nitrogens with one attached hydrogen (secondary N) is 1. The normalized spacial score (nSPS) is 16.0. The molecule has 3 amide bonds. The van der Waals surface area contributed by atoms with Crippen LogP contribution in [0.2, 0.25) is 0 Å². The van der Waals surface area contributed by atoms with Crippen molar-refractivity contribution in [3.63, 3.8) is 0 Å². The standard InChI is InChI=1S/C17H26N4O3/c1-17(2,24)12-20-7-9-21(10-8-20)15(22)14-5-3-13(4-6-14)11-19-16(18)23/h3-6,24H,7-12H2,1-2H3,(H3,18,19,23). The zero-order chi connectivity index (χ0) is 17.7. The number of primary amides is 1. The van der Waals surface area contributed by atoms with Crippen LogP contribution in [0.1, 0.15) is 29.8 Å². The number of nitrogens with zero attached hydrogens (tertiary/aromatic N) is 2. The van der Waals surface area contributed by atoms with Crippen molar-refractivity contribution in [2.24, 2.45) is 5.73 Å². The molecule has 2 rings (SSSR count). The summed E-state index contributed by atoms with van der Waals surface area (Å²) in [6.45, 7) is 7.36. The second kappa shape index (κ2) is 7.63. The summed E-state index contributed by atoms with van der Waals surface area (Å²) in [6, 6.07) is 6.59. The van der Waals surface area contributed by atoms with Crippen molar-refractivity contribution in [2.75, 3.05) is 32.7 Å². The van der Waals surface area contributed by atoms with Gasteiger partial charge in [0.1, 0.15) is 0 Å². The number of aliphatic hydroxyl groups is 1. The average Bonchev–Trinajstić information content (AvgIpc) is 2.52. The monoisotopic (exact) mass is 334 g/mol. The largest absolute Gasteiger partial charge is 0.389 e. The summed E-state index contributed by atoms with van der Waals surface area (Å²) in [7, 11) is 0. The van der Waals surface area contributed by atoms with E-state index in [4.69, 9.17) is 5.73 Å². The third-order valence-corrected chi connectivity index (χ3v) is 3.94. The first-order chi connectivity index (χ1) is 11.2. The van der Waals surface area contributed by atoms with Crippen LogP contribution >= 0.6 is 0 Å². The van der Waals surface area contributed by atoms with Crippen LogP contribution in [0.4, 0.5) is 4.79 Å². The Kier molecular flexibility index (Phi) is 5.80.